The standard InChI is InChI=1S/C16H20N2O3/c1-12-6-5-9-18(11-12)16(21)17-14(15(19)20)10-13-7-3-2-4-8-13/h2-4,6-8,14H,5,9-11H2,1H3,(H,17,21)(H,19,20)/t14-/m1/s1. The van der Waals surface area contributed by atoms with Crippen LogP contribution < -0.4 is 5.32 Å². The third kappa shape index (κ3) is 4.34. The van der Waals surface area contributed by atoms with Crippen molar-refractivity contribution in [1.29, 1.82) is 0 Å². The van der Waals surface area contributed by atoms with Crippen LogP contribution in [0.4, 0.5) is 4.79 Å². The van der Waals surface area contributed by atoms with Gasteiger partial charge in [-0.15, -0.1) is 0 Å². The van der Waals surface area contributed by atoms with Crippen LogP contribution in [-0.2, 0) is 11.2 Å². The van der Waals surface area contributed by atoms with E-state index in [9.17, 15) is 14.7 Å². The van der Waals surface area contributed by atoms with E-state index in [4.69, 9.17) is 0 Å². The quantitative estimate of drug-likeness (QED) is 0.833. The summed E-state index contributed by atoms with van der Waals surface area (Å²) in [5, 5.41) is 11.9. The molecular formula is C16H20N2O3. The van der Waals surface area contributed by atoms with Gasteiger partial charge in [-0.1, -0.05) is 42.0 Å². The van der Waals surface area contributed by atoms with Gasteiger partial charge in [0.25, 0.3) is 0 Å². The maximum Gasteiger partial charge on any atom is 0.326 e. The Morgan fingerprint density at radius 3 is 2.67 bits per heavy atom. The number of rotatable bonds is 4. The fourth-order valence-corrected chi connectivity index (χ4v) is 2.38. The van der Waals surface area contributed by atoms with Crippen LogP contribution in [0.1, 0.15) is 18.9 Å². The molecule has 1 aromatic rings. The van der Waals surface area contributed by atoms with Crippen molar-refractivity contribution in [1.82, 2.24) is 10.2 Å². The molecule has 5 nitrogen and oxygen atoms in total. The predicted octanol–water partition coefficient (Wildman–Crippen LogP) is 2.04. The molecule has 1 atom stereocenters. The smallest absolute Gasteiger partial charge is 0.326 e. The van der Waals surface area contributed by atoms with E-state index in [1.54, 1.807) is 4.90 Å². The Kier molecular flexibility index (Phi) is 4.98. The number of amides is 2. The molecule has 0 spiro atoms. The third-order valence-corrected chi connectivity index (χ3v) is 3.50. The van der Waals surface area contributed by atoms with E-state index < -0.39 is 12.0 Å². The molecule has 1 aliphatic heterocycles. The van der Waals surface area contributed by atoms with Crippen molar-refractivity contribution < 1.29 is 14.7 Å². The summed E-state index contributed by atoms with van der Waals surface area (Å²) in [6.07, 6.45) is 3.20. The molecule has 0 saturated heterocycles. The zero-order chi connectivity index (χ0) is 15.2. The van der Waals surface area contributed by atoms with Crippen molar-refractivity contribution >= 4 is 12.0 Å². The monoisotopic (exact) mass is 288 g/mol. The summed E-state index contributed by atoms with van der Waals surface area (Å²) in [4.78, 5) is 25.2. The van der Waals surface area contributed by atoms with Crippen LogP contribution in [0.3, 0.4) is 0 Å². The maximum atomic E-state index is 12.2. The fraction of sp³-hybridized carbons (Fsp3) is 0.375. The highest BCUT2D eigenvalue weighted by Crippen LogP contribution is 2.10. The molecule has 21 heavy (non-hydrogen) atoms. The van der Waals surface area contributed by atoms with Gasteiger partial charge in [-0.25, -0.2) is 9.59 Å². The first-order valence-corrected chi connectivity index (χ1v) is 7.04. The van der Waals surface area contributed by atoms with Gasteiger partial charge in [0.2, 0.25) is 0 Å². The Morgan fingerprint density at radius 1 is 1.33 bits per heavy atom. The molecule has 1 aromatic carbocycles. The van der Waals surface area contributed by atoms with E-state index >= 15 is 0 Å². The van der Waals surface area contributed by atoms with Gasteiger partial charge in [0.1, 0.15) is 6.04 Å². The predicted molar refractivity (Wildman–Crippen MR) is 80.0 cm³/mol. The lowest BCUT2D eigenvalue weighted by Gasteiger charge is -2.28. The minimum absolute atomic E-state index is 0.282. The van der Waals surface area contributed by atoms with Crippen LogP contribution in [-0.4, -0.2) is 41.1 Å². The van der Waals surface area contributed by atoms with Crippen LogP contribution in [0, 0.1) is 0 Å². The summed E-state index contributed by atoms with van der Waals surface area (Å²) in [5.41, 5.74) is 2.02. The highest BCUT2D eigenvalue weighted by molar-refractivity contribution is 5.83. The van der Waals surface area contributed by atoms with Gasteiger partial charge in [0, 0.05) is 19.5 Å². The lowest BCUT2D eigenvalue weighted by Crippen LogP contribution is -2.50. The number of carbonyl (C=O) groups excluding carboxylic acids is 1. The molecule has 2 rings (SSSR count). The number of hydrogen-bond donors (Lipinski definition) is 2. The Hall–Kier alpha value is -2.30. The molecule has 1 aliphatic rings. The molecule has 2 N–H and O–H groups in total. The molecular weight excluding hydrogens is 268 g/mol. The van der Waals surface area contributed by atoms with Crippen molar-refractivity contribution in [2.45, 2.75) is 25.8 Å². The number of nitrogens with one attached hydrogen (secondary N) is 1. The van der Waals surface area contributed by atoms with Crippen LogP contribution >= 0.6 is 0 Å². The number of urea groups is 1. The molecule has 0 aromatic heterocycles. The number of nitrogens with zero attached hydrogens (tertiary/aromatic N) is 1. The maximum absolute atomic E-state index is 12.2. The van der Waals surface area contributed by atoms with Gasteiger partial charge in [-0.05, 0) is 18.9 Å². The largest absolute Gasteiger partial charge is 0.480 e. The Labute approximate surface area is 124 Å². The van der Waals surface area contributed by atoms with Crippen molar-refractivity contribution in [3.05, 3.63) is 47.5 Å². The normalized spacial score (nSPS) is 16.0. The highest BCUT2D eigenvalue weighted by atomic mass is 16.4. The summed E-state index contributed by atoms with van der Waals surface area (Å²) in [6.45, 7) is 3.16. The topological polar surface area (TPSA) is 69.6 Å². The average molecular weight is 288 g/mol. The second kappa shape index (κ2) is 6.92. The fourth-order valence-electron chi connectivity index (χ4n) is 2.38. The van der Waals surface area contributed by atoms with Crippen LogP contribution in [0.2, 0.25) is 0 Å². The molecule has 0 saturated carbocycles. The van der Waals surface area contributed by atoms with Crippen molar-refractivity contribution in [3.63, 3.8) is 0 Å². The van der Waals surface area contributed by atoms with E-state index in [2.05, 4.69) is 11.4 Å². The van der Waals surface area contributed by atoms with Gasteiger partial charge in [0.05, 0.1) is 0 Å². The molecule has 0 bridgehead atoms. The Morgan fingerprint density at radius 2 is 2.05 bits per heavy atom. The third-order valence-electron chi connectivity index (χ3n) is 3.50. The van der Waals surface area contributed by atoms with E-state index in [-0.39, 0.29) is 12.5 Å². The molecule has 112 valence electrons. The van der Waals surface area contributed by atoms with Crippen molar-refractivity contribution in [2.24, 2.45) is 0 Å². The minimum Gasteiger partial charge on any atom is -0.480 e. The second-order valence-electron chi connectivity index (χ2n) is 5.29. The number of aliphatic carboxylic acids is 1. The van der Waals surface area contributed by atoms with Crippen molar-refractivity contribution in [2.75, 3.05) is 13.1 Å². The molecule has 0 fully saturated rings. The first kappa shape index (κ1) is 15.1. The van der Waals surface area contributed by atoms with E-state index in [0.29, 0.717) is 13.1 Å². The summed E-state index contributed by atoms with van der Waals surface area (Å²) in [7, 11) is 0. The first-order valence-electron chi connectivity index (χ1n) is 7.04. The van der Waals surface area contributed by atoms with Gasteiger partial charge in [0.15, 0.2) is 0 Å². The number of carboxylic acid groups (broad SMARTS) is 1. The molecule has 1 heterocycles. The summed E-state index contributed by atoms with van der Waals surface area (Å²) < 4.78 is 0. The second-order valence-corrected chi connectivity index (χ2v) is 5.29. The van der Waals surface area contributed by atoms with Crippen LogP contribution in [0.15, 0.2) is 42.0 Å². The SMILES string of the molecule is CC1=CCCN(C(=O)N[C@H](Cc2ccccc2)C(=O)O)C1. The van der Waals surface area contributed by atoms with Gasteiger partial charge in [-0.2, -0.15) is 0 Å². The zero-order valence-corrected chi connectivity index (χ0v) is 12.1. The molecule has 5 heteroatoms. The Balaban J connectivity index is 1.98. The van der Waals surface area contributed by atoms with E-state index in [0.717, 1.165) is 17.6 Å². The summed E-state index contributed by atoms with van der Waals surface area (Å²) in [6, 6.07) is 8.08. The average Bonchev–Trinajstić information content (AvgIpc) is 2.47. The van der Waals surface area contributed by atoms with Crippen LogP contribution in [0.5, 0.6) is 0 Å². The summed E-state index contributed by atoms with van der Waals surface area (Å²) >= 11 is 0. The van der Waals surface area contributed by atoms with Gasteiger partial charge < -0.3 is 15.3 Å². The van der Waals surface area contributed by atoms with E-state index in [1.807, 2.05) is 37.3 Å². The molecule has 2 amide bonds. The van der Waals surface area contributed by atoms with E-state index in [1.165, 1.54) is 0 Å². The number of carboxylic acids is 1. The lowest BCUT2D eigenvalue weighted by atomic mass is 10.1. The molecule has 0 aliphatic carbocycles. The zero-order valence-electron chi connectivity index (χ0n) is 12.1. The van der Waals surface area contributed by atoms with Gasteiger partial charge >= 0.3 is 12.0 Å². The number of benzene rings is 1. The number of hydrogen-bond acceptors (Lipinski definition) is 2. The number of carbonyl (C=O) groups is 2. The molecule has 0 unspecified atom stereocenters. The Bertz CT molecular complexity index is 540. The summed E-state index contributed by atoms with van der Waals surface area (Å²) in [5.74, 6) is -1.02. The van der Waals surface area contributed by atoms with Crippen LogP contribution in [0.25, 0.3) is 0 Å². The van der Waals surface area contributed by atoms with Crippen molar-refractivity contribution in [3.8, 4) is 0 Å². The highest BCUT2D eigenvalue weighted by Gasteiger charge is 2.24. The first-order chi connectivity index (χ1) is 10.1. The van der Waals surface area contributed by atoms with Gasteiger partial charge in [-0.3, -0.25) is 0 Å². The lowest BCUT2D eigenvalue weighted by molar-refractivity contribution is -0.139. The minimum atomic E-state index is -1.02. The molecule has 0 radical (unpaired) electrons.